The first-order valence-electron chi connectivity index (χ1n) is 4.78. The zero-order chi connectivity index (χ0) is 9.97. The highest BCUT2D eigenvalue weighted by Crippen LogP contribution is 2.27. The fraction of sp³-hybridized carbons (Fsp3) is 0.364. The highest BCUT2D eigenvalue weighted by atomic mass is 16.5. The zero-order valence-electron chi connectivity index (χ0n) is 7.90. The Morgan fingerprint density at radius 3 is 2.86 bits per heavy atom. The second-order valence-corrected chi connectivity index (χ2v) is 3.50. The van der Waals surface area contributed by atoms with Crippen LogP contribution in [0.4, 0.5) is 0 Å². The summed E-state index contributed by atoms with van der Waals surface area (Å²) in [5.41, 5.74) is 6.98. The third-order valence-corrected chi connectivity index (χ3v) is 2.29. The van der Waals surface area contributed by atoms with Crippen LogP contribution in [-0.2, 0) is 6.54 Å². The predicted octanol–water partition coefficient (Wildman–Crippen LogP) is 1.50. The topological polar surface area (TPSA) is 52.3 Å². The van der Waals surface area contributed by atoms with Gasteiger partial charge in [0.1, 0.15) is 5.75 Å². The second-order valence-electron chi connectivity index (χ2n) is 3.50. The van der Waals surface area contributed by atoms with E-state index in [1.807, 2.05) is 12.1 Å². The van der Waals surface area contributed by atoms with Gasteiger partial charge in [-0.05, 0) is 30.5 Å². The van der Waals surface area contributed by atoms with E-state index < -0.39 is 0 Å². The quantitative estimate of drug-likeness (QED) is 0.734. The first-order chi connectivity index (χ1) is 6.83. The standard InChI is InChI=1S/C11H13NO2/c12-6-8-1-2-11(5-9(8)7-13)14-10-3-4-10/h1-2,5,7,10H,3-4,6,12H2. The summed E-state index contributed by atoms with van der Waals surface area (Å²) >= 11 is 0. The Balaban J connectivity index is 2.21. The number of nitrogens with two attached hydrogens (primary N) is 1. The molecule has 0 unspecified atom stereocenters. The first kappa shape index (κ1) is 9.21. The molecule has 0 spiro atoms. The molecule has 3 heteroatoms. The van der Waals surface area contributed by atoms with Crippen molar-refractivity contribution in [2.45, 2.75) is 25.5 Å². The summed E-state index contributed by atoms with van der Waals surface area (Å²) in [6.45, 7) is 0.387. The average Bonchev–Trinajstić information content (AvgIpc) is 3.01. The number of benzene rings is 1. The van der Waals surface area contributed by atoms with Crippen LogP contribution in [-0.4, -0.2) is 12.4 Å². The van der Waals surface area contributed by atoms with Crippen molar-refractivity contribution in [3.05, 3.63) is 29.3 Å². The molecule has 0 atom stereocenters. The Morgan fingerprint density at radius 2 is 2.29 bits per heavy atom. The molecule has 0 aromatic heterocycles. The van der Waals surface area contributed by atoms with E-state index in [0.717, 1.165) is 30.4 Å². The van der Waals surface area contributed by atoms with E-state index in [0.29, 0.717) is 18.2 Å². The highest BCUT2D eigenvalue weighted by Gasteiger charge is 2.23. The largest absolute Gasteiger partial charge is 0.490 e. The lowest BCUT2D eigenvalue weighted by atomic mass is 10.1. The lowest BCUT2D eigenvalue weighted by Crippen LogP contribution is -2.02. The molecule has 0 aliphatic heterocycles. The van der Waals surface area contributed by atoms with Crippen LogP contribution >= 0.6 is 0 Å². The Hall–Kier alpha value is -1.35. The van der Waals surface area contributed by atoms with E-state index in [1.165, 1.54) is 0 Å². The van der Waals surface area contributed by atoms with Crippen LogP contribution < -0.4 is 10.5 Å². The molecule has 1 aliphatic rings. The Kier molecular flexibility index (Phi) is 2.50. The average molecular weight is 191 g/mol. The monoisotopic (exact) mass is 191 g/mol. The van der Waals surface area contributed by atoms with Gasteiger partial charge in [0.2, 0.25) is 0 Å². The predicted molar refractivity (Wildman–Crippen MR) is 53.4 cm³/mol. The summed E-state index contributed by atoms with van der Waals surface area (Å²) in [7, 11) is 0. The van der Waals surface area contributed by atoms with Crippen molar-refractivity contribution < 1.29 is 9.53 Å². The fourth-order valence-electron chi connectivity index (χ4n) is 1.32. The number of hydrogen-bond acceptors (Lipinski definition) is 3. The van der Waals surface area contributed by atoms with Crippen molar-refractivity contribution in [1.82, 2.24) is 0 Å². The minimum Gasteiger partial charge on any atom is -0.490 e. The molecule has 0 saturated heterocycles. The van der Waals surface area contributed by atoms with Crippen LogP contribution in [0.1, 0.15) is 28.8 Å². The molecular formula is C11H13NO2. The summed E-state index contributed by atoms with van der Waals surface area (Å²) < 4.78 is 5.57. The molecule has 2 N–H and O–H groups in total. The van der Waals surface area contributed by atoms with Crippen LogP contribution in [0, 0.1) is 0 Å². The van der Waals surface area contributed by atoms with Gasteiger partial charge in [0.15, 0.2) is 6.29 Å². The van der Waals surface area contributed by atoms with E-state index in [9.17, 15) is 4.79 Å². The number of ether oxygens (including phenoxy) is 1. The van der Waals surface area contributed by atoms with Crippen LogP contribution in [0.25, 0.3) is 0 Å². The fourth-order valence-corrected chi connectivity index (χ4v) is 1.32. The Morgan fingerprint density at radius 1 is 1.50 bits per heavy atom. The van der Waals surface area contributed by atoms with Crippen LogP contribution in [0.5, 0.6) is 5.75 Å². The molecule has 1 aliphatic carbocycles. The molecule has 0 bridgehead atoms. The maximum atomic E-state index is 10.7. The molecule has 0 heterocycles. The SMILES string of the molecule is NCc1ccc(OC2CC2)cc1C=O. The van der Waals surface area contributed by atoms with Gasteiger partial charge in [0.05, 0.1) is 6.10 Å². The first-order valence-corrected chi connectivity index (χ1v) is 4.78. The third-order valence-electron chi connectivity index (χ3n) is 2.29. The smallest absolute Gasteiger partial charge is 0.150 e. The van der Waals surface area contributed by atoms with Crippen molar-refractivity contribution in [2.24, 2.45) is 5.73 Å². The third kappa shape index (κ3) is 1.93. The van der Waals surface area contributed by atoms with Gasteiger partial charge in [-0.2, -0.15) is 0 Å². The van der Waals surface area contributed by atoms with Crippen molar-refractivity contribution in [3.8, 4) is 5.75 Å². The number of carbonyl (C=O) groups excluding carboxylic acids is 1. The molecule has 0 amide bonds. The van der Waals surface area contributed by atoms with Gasteiger partial charge < -0.3 is 10.5 Å². The minimum atomic E-state index is 0.359. The lowest BCUT2D eigenvalue weighted by molar-refractivity contribution is 0.112. The normalized spacial score (nSPS) is 15.2. The van der Waals surface area contributed by atoms with Crippen LogP contribution in [0.3, 0.4) is 0 Å². The summed E-state index contributed by atoms with van der Waals surface area (Å²) in [6, 6.07) is 5.47. The van der Waals surface area contributed by atoms with Gasteiger partial charge in [0.25, 0.3) is 0 Å². The maximum absolute atomic E-state index is 10.7. The van der Waals surface area contributed by atoms with Crippen LogP contribution in [0.15, 0.2) is 18.2 Å². The molecule has 1 saturated carbocycles. The maximum Gasteiger partial charge on any atom is 0.150 e. The minimum absolute atomic E-state index is 0.359. The number of carbonyl (C=O) groups is 1. The molecule has 1 aromatic rings. The van der Waals surface area contributed by atoms with Gasteiger partial charge in [0, 0.05) is 12.1 Å². The molecule has 2 rings (SSSR count). The highest BCUT2D eigenvalue weighted by molar-refractivity contribution is 5.78. The zero-order valence-corrected chi connectivity index (χ0v) is 7.90. The summed E-state index contributed by atoms with van der Waals surface area (Å²) in [5, 5.41) is 0. The number of hydrogen-bond donors (Lipinski definition) is 1. The number of rotatable bonds is 4. The molecule has 74 valence electrons. The molecular weight excluding hydrogens is 178 g/mol. The van der Waals surface area contributed by atoms with Gasteiger partial charge in [-0.1, -0.05) is 6.07 Å². The van der Waals surface area contributed by atoms with Crippen LogP contribution in [0.2, 0.25) is 0 Å². The van der Waals surface area contributed by atoms with E-state index >= 15 is 0 Å². The molecule has 0 radical (unpaired) electrons. The molecule has 14 heavy (non-hydrogen) atoms. The second kappa shape index (κ2) is 3.80. The van der Waals surface area contributed by atoms with E-state index in [2.05, 4.69) is 0 Å². The summed E-state index contributed by atoms with van der Waals surface area (Å²) in [5.74, 6) is 0.770. The Labute approximate surface area is 82.9 Å². The summed E-state index contributed by atoms with van der Waals surface area (Å²) in [6.07, 6.45) is 3.42. The van der Waals surface area contributed by atoms with E-state index in [-0.39, 0.29) is 0 Å². The molecule has 1 aromatic carbocycles. The van der Waals surface area contributed by atoms with Gasteiger partial charge in [-0.15, -0.1) is 0 Å². The van der Waals surface area contributed by atoms with E-state index in [4.69, 9.17) is 10.5 Å². The molecule has 1 fully saturated rings. The van der Waals surface area contributed by atoms with Crippen molar-refractivity contribution in [3.63, 3.8) is 0 Å². The van der Waals surface area contributed by atoms with Gasteiger partial charge in [-0.25, -0.2) is 0 Å². The van der Waals surface area contributed by atoms with Gasteiger partial charge in [-0.3, -0.25) is 4.79 Å². The summed E-state index contributed by atoms with van der Waals surface area (Å²) in [4.78, 5) is 10.7. The molecule has 3 nitrogen and oxygen atoms in total. The van der Waals surface area contributed by atoms with Crippen molar-refractivity contribution in [2.75, 3.05) is 0 Å². The van der Waals surface area contributed by atoms with E-state index in [1.54, 1.807) is 6.07 Å². The van der Waals surface area contributed by atoms with Crippen molar-refractivity contribution in [1.29, 1.82) is 0 Å². The van der Waals surface area contributed by atoms with Gasteiger partial charge >= 0.3 is 0 Å². The number of aldehydes is 1. The van der Waals surface area contributed by atoms with Crippen molar-refractivity contribution >= 4 is 6.29 Å². The lowest BCUT2D eigenvalue weighted by Gasteiger charge is -2.07. The Bertz CT molecular complexity index is 345.